The normalized spacial score (nSPS) is 13.9. The van der Waals surface area contributed by atoms with Crippen molar-refractivity contribution >= 4 is 36.1 Å². The van der Waals surface area contributed by atoms with E-state index in [0.717, 1.165) is 46.5 Å². The van der Waals surface area contributed by atoms with Gasteiger partial charge in [-0.15, -0.1) is 0 Å². The first-order valence-corrected chi connectivity index (χ1v) is 17.1. The lowest BCUT2D eigenvalue weighted by Crippen LogP contribution is -2.25. The molecular weight excluding hydrogens is 601 g/mol. The first kappa shape index (κ1) is 36.3. The molecule has 5 nitrogen and oxygen atoms in total. The van der Waals surface area contributed by atoms with Crippen LogP contribution in [0.1, 0.15) is 92.3 Å². The number of allylic oxidation sites excluding steroid dienone is 2. The number of nitriles is 3. The van der Waals surface area contributed by atoms with Crippen LogP contribution >= 0.6 is 0 Å². The monoisotopic (exact) mass is 646 g/mol. The molecule has 0 radical (unpaired) electrons. The Morgan fingerprint density at radius 1 is 0.694 bits per heavy atom. The first-order chi connectivity index (χ1) is 23.6. The molecule has 0 atom stereocenters. The van der Waals surface area contributed by atoms with Gasteiger partial charge in [-0.05, 0) is 91.6 Å². The maximum atomic E-state index is 9.83. The molecule has 1 heterocycles. The molecule has 0 unspecified atom stereocenters. The van der Waals surface area contributed by atoms with Crippen molar-refractivity contribution in [1.82, 2.24) is 0 Å². The van der Waals surface area contributed by atoms with Crippen LogP contribution in [0.25, 0.3) is 30.4 Å². The highest BCUT2D eigenvalue weighted by Gasteiger charge is 2.38. The fourth-order valence-electron chi connectivity index (χ4n) is 5.84. The minimum Gasteiger partial charge on any atom is -0.480 e. The first-order valence-electron chi connectivity index (χ1n) is 17.1. The zero-order valence-electron chi connectivity index (χ0n) is 29.7. The highest BCUT2D eigenvalue weighted by molar-refractivity contribution is 5.75. The third-order valence-corrected chi connectivity index (χ3v) is 8.83. The van der Waals surface area contributed by atoms with Crippen molar-refractivity contribution in [2.24, 2.45) is 0 Å². The van der Waals surface area contributed by atoms with Gasteiger partial charge in [-0.25, -0.2) is 0 Å². The topological polar surface area (TPSA) is 83.8 Å². The zero-order valence-corrected chi connectivity index (χ0v) is 29.7. The van der Waals surface area contributed by atoms with Crippen LogP contribution in [0.4, 0.5) is 5.69 Å². The number of ether oxygens (including phenoxy) is 1. The Morgan fingerprint density at radius 2 is 1.14 bits per heavy atom. The Kier molecular flexibility index (Phi) is 12.6. The number of rotatable bonds is 13. The van der Waals surface area contributed by atoms with Gasteiger partial charge in [-0.3, -0.25) is 0 Å². The molecule has 3 aromatic carbocycles. The van der Waals surface area contributed by atoms with Crippen molar-refractivity contribution in [3.8, 4) is 18.2 Å². The molecule has 0 saturated heterocycles. The summed E-state index contributed by atoms with van der Waals surface area (Å²) in [6, 6.07) is 27.6. The van der Waals surface area contributed by atoms with Gasteiger partial charge in [0.25, 0.3) is 0 Å². The molecule has 4 rings (SSSR count). The van der Waals surface area contributed by atoms with Crippen molar-refractivity contribution in [2.45, 2.75) is 72.8 Å². The summed E-state index contributed by atoms with van der Waals surface area (Å²) < 4.78 is 5.89. The molecule has 248 valence electrons. The lowest BCUT2D eigenvalue weighted by molar-refractivity contribution is 0.0954. The highest BCUT2D eigenvalue weighted by atomic mass is 16.5. The van der Waals surface area contributed by atoms with E-state index < -0.39 is 5.60 Å². The van der Waals surface area contributed by atoms with Crippen molar-refractivity contribution in [3.63, 3.8) is 0 Å². The predicted octanol–water partition coefficient (Wildman–Crippen LogP) is 11.0. The van der Waals surface area contributed by atoms with Crippen molar-refractivity contribution in [2.75, 3.05) is 18.0 Å². The Bertz CT molecular complexity index is 1890. The van der Waals surface area contributed by atoms with Gasteiger partial charge < -0.3 is 9.64 Å². The van der Waals surface area contributed by atoms with E-state index in [4.69, 9.17) is 4.74 Å². The molecule has 0 aromatic heterocycles. The van der Waals surface area contributed by atoms with E-state index in [0.29, 0.717) is 5.57 Å². The molecule has 3 aromatic rings. The van der Waals surface area contributed by atoms with Crippen LogP contribution in [-0.2, 0) is 4.74 Å². The second-order valence-electron chi connectivity index (χ2n) is 13.0. The summed E-state index contributed by atoms with van der Waals surface area (Å²) in [4.78, 5) is 2.51. The maximum Gasteiger partial charge on any atom is 0.172 e. The molecule has 0 aliphatic carbocycles. The van der Waals surface area contributed by atoms with Gasteiger partial charge in [-0.1, -0.05) is 112 Å². The van der Waals surface area contributed by atoms with Gasteiger partial charge in [0, 0.05) is 24.4 Å². The molecule has 0 saturated carbocycles. The number of hydrogen-bond acceptors (Lipinski definition) is 5. The molecule has 49 heavy (non-hydrogen) atoms. The van der Waals surface area contributed by atoms with E-state index in [1.807, 2.05) is 38.1 Å². The van der Waals surface area contributed by atoms with E-state index in [-0.39, 0.29) is 16.9 Å². The number of nitrogens with zero attached hydrogens (tertiary/aromatic N) is 4. The molecule has 0 fully saturated rings. The summed E-state index contributed by atoms with van der Waals surface area (Å²) in [6.07, 6.45) is 17.3. The quantitative estimate of drug-likeness (QED) is 0.136. The van der Waals surface area contributed by atoms with E-state index in [2.05, 4.69) is 124 Å². The van der Waals surface area contributed by atoms with Crippen molar-refractivity contribution in [3.05, 3.63) is 128 Å². The Morgan fingerprint density at radius 3 is 1.59 bits per heavy atom. The Balaban J connectivity index is 1.44. The predicted molar refractivity (Wildman–Crippen MR) is 204 cm³/mol. The van der Waals surface area contributed by atoms with Crippen LogP contribution in [0.15, 0.2) is 89.2 Å². The van der Waals surface area contributed by atoms with Crippen LogP contribution < -0.4 is 4.90 Å². The third kappa shape index (κ3) is 9.28. The fraction of sp³-hybridized carbons (Fsp3) is 0.295. The van der Waals surface area contributed by atoms with Crippen LogP contribution in [0.3, 0.4) is 0 Å². The summed E-state index contributed by atoms with van der Waals surface area (Å²) in [6.45, 7) is 14.5. The number of benzene rings is 3. The summed E-state index contributed by atoms with van der Waals surface area (Å²) in [5.41, 5.74) is 8.95. The second-order valence-corrected chi connectivity index (χ2v) is 13.0. The van der Waals surface area contributed by atoms with Crippen LogP contribution in [0, 0.1) is 47.8 Å². The van der Waals surface area contributed by atoms with Gasteiger partial charge >= 0.3 is 0 Å². The number of unbranched alkanes of at least 4 members (excludes halogenated alkanes) is 2. The summed E-state index contributed by atoms with van der Waals surface area (Å²) in [7, 11) is 0. The van der Waals surface area contributed by atoms with Crippen molar-refractivity contribution in [1.29, 1.82) is 15.8 Å². The molecular formula is C44H46N4O. The van der Waals surface area contributed by atoms with Crippen LogP contribution in [0.2, 0.25) is 0 Å². The van der Waals surface area contributed by atoms with Gasteiger partial charge in [-0.2, -0.15) is 15.8 Å². The molecule has 1 aliphatic rings. The number of hydrogen-bond donors (Lipinski definition) is 0. The molecule has 0 N–H and O–H groups in total. The number of aryl methyl sites for hydroxylation is 2. The molecule has 0 amide bonds. The standard InChI is InChI=1S/C44H46N4O/c1-7-9-25-48(26-10-8-2)40-22-18-36(19-23-40)16-13-34-11-14-35(15-12-34)17-20-37-27-33(4)38(28-32(37)3)21-24-42-41(31-47)43(39(29-45)30-46)49-44(42,5)6/h11-24,27-28H,7-10,25-26H2,1-6H3/b16-13+,20-17+,24-21+. The minimum atomic E-state index is -0.845. The fourth-order valence-corrected chi connectivity index (χ4v) is 5.84. The van der Waals surface area contributed by atoms with Gasteiger partial charge in [0.15, 0.2) is 11.3 Å². The smallest absolute Gasteiger partial charge is 0.172 e. The Labute approximate surface area is 293 Å². The van der Waals surface area contributed by atoms with Gasteiger partial charge in [0.2, 0.25) is 0 Å². The average Bonchev–Trinajstić information content (AvgIpc) is 3.36. The summed E-state index contributed by atoms with van der Waals surface area (Å²) in [5, 5.41) is 28.5. The van der Waals surface area contributed by atoms with Gasteiger partial charge in [0.05, 0.1) is 0 Å². The highest BCUT2D eigenvalue weighted by Crippen LogP contribution is 2.40. The summed E-state index contributed by atoms with van der Waals surface area (Å²) in [5.74, 6) is 0.0478. The molecule has 1 aliphatic heterocycles. The lowest BCUT2D eigenvalue weighted by Gasteiger charge is -2.24. The van der Waals surface area contributed by atoms with Gasteiger partial charge in [0.1, 0.15) is 29.4 Å². The van der Waals surface area contributed by atoms with E-state index in [1.165, 1.54) is 36.9 Å². The SMILES string of the molecule is CCCCN(CCCC)c1ccc(/C=C/c2ccc(/C=C/c3cc(C)c(/C=C/C4=C(C#N)C(=C(C#N)C#N)OC4(C)C)cc3C)cc2)cc1. The average molecular weight is 647 g/mol. The summed E-state index contributed by atoms with van der Waals surface area (Å²) >= 11 is 0. The van der Waals surface area contributed by atoms with E-state index in [1.54, 1.807) is 0 Å². The number of anilines is 1. The second kappa shape index (κ2) is 17.0. The van der Waals surface area contributed by atoms with Crippen LogP contribution in [-0.4, -0.2) is 18.7 Å². The maximum absolute atomic E-state index is 9.83. The zero-order chi connectivity index (χ0) is 35.4. The van der Waals surface area contributed by atoms with E-state index in [9.17, 15) is 15.8 Å². The lowest BCUT2D eigenvalue weighted by atomic mass is 9.93. The van der Waals surface area contributed by atoms with Crippen molar-refractivity contribution < 1.29 is 4.74 Å². The molecule has 0 spiro atoms. The third-order valence-electron chi connectivity index (χ3n) is 8.83. The largest absolute Gasteiger partial charge is 0.480 e. The van der Waals surface area contributed by atoms with E-state index >= 15 is 0 Å². The molecule has 0 bridgehead atoms. The Hall–Kier alpha value is -5.57. The molecule has 5 heteroatoms. The minimum absolute atomic E-state index is 0.0478. The van der Waals surface area contributed by atoms with Crippen LogP contribution in [0.5, 0.6) is 0 Å².